The van der Waals surface area contributed by atoms with Crippen LogP contribution in [0.3, 0.4) is 0 Å². The van der Waals surface area contributed by atoms with Crippen LogP contribution in [0.1, 0.15) is 44.9 Å². The first-order valence-corrected chi connectivity index (χ1v) is 5.12. The number of rotatable bonds is 0. The summed E-state index contributed by atoms with van der Waals surface area (Å²) >= 11 is 0. The molecule has 0 radical (unpaired) electrons. The van der Waals surface area contributed by atoms with Gasteiger partial charge in [0, 0.05) is 5.41 Å². The molecule has 0 bridgehead atoms. The van der Waals surface area contributed by atoms with Gasteiger partial charge < -0.3 is 10.2 Å². The molecule has 0 aromatic rings. The van der Waals surface area contributed by atoms with Crippen LogP contribution in [0.4, 0.5) is 0 Å². The van der Waals surface area contributed by atoms with E-state index in [1.165, 1.54) is 6.42 Å². The van der Waals surface area contributed by atoms with Gasteiger partial charge in [-0.25, -0.2) is 0 Å². The molecule has 2 saturated carbocycles. The average Bonchev–Trinajstić information content (AvgIpc) is 2.41. The molecule has 0 unspecified atom stereocenters. The van der Waals surface area contributed by atoms with Crippen molar-refractivity contribution in [2.24, 2.45) is 5.41 Å². The van der Waals surface area contributed by atoms with Crippen LogP contribution < -0.4 is 0 Å². The molecule has 3 atom stereocenters. The lowest BCUT2D eigenvalue weighted by Crippen LogP contribution is -2.43. The van der Waals surface area contributed by atoms with E-state index in [9.17, 15) is 10.2 Å². The molecule has 2 nitrogen and oxygen atoms in total. The second-order valence-electron chi connectivity index (χ2n) is 4.40. The summed E-state index contributed by atoms with van der Waals surface area (Å²) in [5.74, 6) is 0. The van der Waals surface area contributed by atoms with E-state index < -0.39 is 0 Å². The average molecular weight is 170 g/mol. The first kappa shape index (κ1) is 8.52. The van der Waals surface area contributed by atoms with Crippen molar-refractivity contribution in [3.05, 3.63) is 0 Å². The fraction of sp³-hybridized carbons (Fsp3) is 1.00. The normalized spacial score (nSPS) is 48.5. The maximum Gasteiger partial charge on any atom is 0.0621 e. The molecule has 12 heavy (non-hydrogen) atoms. The maximum absolute atomic E-state index is 9.87. The van der Waals surface area contributed by atoms with Crippen LogP contribution in [-0.2, 0) is 0 Å². The zero-order valence-electron chi connectivity index (χ0n) is 7.50. The number of hydrogen-bond donors (Lipinski definition) is 2. The smallest absolute Gasteiger partial charge is 0.0621 e. The van der Waals surface area contributed by atoms with Crippen LogP contribution in [-0.4, -0.2) is 22.4 Å². The van der Waals surface area contributed by atoms with E-state index in [4.69, 9.17) is 0 Å². The van der Waals surface area contributed by atoms with Gasteiger partial charge in [0.05, 0.1) is 12.2 Å². The summed E-state index contributed by atoms with van der Waals surface area (Å²) in [4.78, 5) is 0. The van der Waals surface area contributed by atoms with E-state index >= 15 is 0 Å². The molecule has 1 spiro atoms. The Morgan fingerprint density at radius 3 is 2.00 bits per heavy atom. The third-order valence-electron chi connectivity index (χ3n) is 3.82. The Labute approximate surface area is 73.6 Å². The van der Waals surface area contributed by atoms with Crippen molar-refractivity contribution in [3.63, 3.8) is 0 Å². The minimum Gasteiger partial charge on any atom is -0.392 e. The molecule has 2 aliphatic carbocycles. The summed E-state index contributed by atoms with van der Waals surface area (Å²) in [6.07, 6.45) is 6.83. The highest BCUT2D eigenvalue weighted by atomic mass is 16.3. The molecule has 0 aromatic heterocycles. The van der Waals surface area contributed by atoms with Crippen molar-refractivity contribution in [1.29, 1.82) is 0 Å². The fourth-order valence-electron chi connectivity index (χ4n) is 3.00. The highest BCUT2D eigenvalue weighted by molar-refractivity contribution is 4.98. The van der Waals surface area contributed by atoms with Crippen molar-refractivity contribution in [2.45, 2.75) is 57.2 Å². The Kier molecular flexibility index (Phi) is 2.13. The van der Waals surface area contributed by atoms with Crippen LogP contribution >= 0.6 is 0 Å². The van der Waals surface area contributed by atoms with Gasteiger partial charge in [-0.05, 0) is 25.7 Å². The molecular formula is C10H18O2. The van der Waals surface area contributed by atoms with Gasteiger partial charge in [-0.2, -0.15) is 0 Å². The lowest BCUT2D eigenvalue weighted by molar-refractivity contribution is -0.0763. The molecule has 2 N–H and O–H groups in total. The van der Waals surface area contributed by atoms with E-state index in [1.807, 2.05) is 0 Å². The Bertz CT molecular complexity index is 169. The molecule has 70 valence electrons. The summed E-state index contributed by atoms with van der Waals surface area (Å²) < 4.78 is 0. The van der Waals surface area contributed by atoms with Gasteiger partial charge in [0.15, 0.2) is 0 Å². The molecule has 0 aromatic carbocycles. The second kappa shape index (κ2) is 3.00. The van der Waals surface area contributed by atoms with Crippen LogP contribution in [0.2, 0.25) is 0 Å². The predicted molar refractivity (Wildman–Crippen MR) is 46.8 cm³/mol. The first-order chi connectivity index (χ1) is 5.76. The van der Waals surface area contributed by atoms with Gasteiger partial charge in [0.1, 0.15) is 0 Å². The van der Waals surface area contributed by atoms with Crippen LogP contribution in [0.5, 0.6) is 0 Å². The van der Waals surface area contributed by atoms with Gasteiger partial charge in [-0.3, -0.25) is 0 Å². The molecule has 2 heteroatoms. The largest absolute Gasteiger partial charge is 0.392 e. The minimum atomic E-state index is -0.233. The Morgan fingerprint density at radius 1 is 0.833 bits per heavy atom. The monoisotopic (exact) mass is 170 g/mol. The zero-order valence-corrected chi connectivity index (χ0v) is 7.50. The summed E-state index contributed by atoms with van der Waals surface area (Å²) in [7, 11) is 0. The van der Waals surface area contributed by atoms with E-state index in [2.05, 4.69) is 0 Å². The molecule has 0 heterocycles. The van der Waals surface area contributed by atoms with Crippen molar-refractivity contribution in [3.8, 4) is 0 Å². The summed E-state index contributed by atoms with van der Waals surface area (Å²) in [6.45, 7) is 0. The Balaban J connectivity index is 2.15. The number of aliphatic hydroxyl groups is 2. The molecule has 2 fully saturated rings. The predicted octanol–water partition coefficient (Wildman–Crippen LogP) is 1.45. The molecule has 2 rings (SSSR count). The van der Waals surface area contributed by atoms with E-state index in [1.54, 1.807) is 0 Å². The van der Waals surface area contributed by atoms with Gasteiger partial charge in [0.25, 0.3) is 0 Å². The van der Waals surface area contributed by atoms with Gasteiger partial charge >= 0.3 is 0 Å². The quantitative estimate of drug-likeness (QED) is 0.577. The molecule has 0 saturated heterocycles. The molecule has 0 aliphatic heterocycles. The van der Waals surface area contributed by atoms with E-state index in [-0.39, 0.29) is 17.6 Å². The van der Waals surface area contributed by atoms with Crippen LogP contribution in [0.15, 0.2) is 0 Å². The van der Waals surface area contributed by atoms with Gasteiger partial charge in [-0.1, -0.05) is 19.3 Å². The van der Waals surface area contributed by atoms with Crippen molar-refractivity contribution >= 4 is 0 Å². The standard InChI is InChI=1S/C10H18O2/c11-8-4-1-2-6-10(8)7-3-5-9(10)12/h8-9,11-12H,1-7H2/t8-,9+,10+/m1/s1. The molecular weight excluding hydrogens is 152 g/mol. The number of hydrogen-bond acceptors (Lipinski definition) is 2. The third kappa shape index (κ3) is 1.09. The van der Waals surface area contributed by atoms with Crippen molar-refractivity contribution < 1.29 is 10.2 Å². The van der Waals surface area contributed by atoms with Crippen molar-refractivity contribution in [1.82, 2.24) is 0 Å². The van der Waals surface area contributed by atoms with Crippen LogP contribution in [0.25, 0.3) is 0 Å². The van der Waals surface area contributed by atoms with E-state index in [0.29, 0.717) is 0 Å². The lowest BCUT2D eigenvalue weighted by atomic mass is 9.69. The van der Waals surface area contributed by atoms with Crippen LogP contribution in [0, 0.1) is 5.41 Å². The Morgan fingerprint density at radius 2 is 1.42 bits per heavy atom. The second-order valence-corrected chi connectivity index (χ2v) is 4.40. The van der Waals surface area contributed by atoms with Gasteiger partial charge in [-0.15, -0.1) is 0 Å². The minimum absolute atomic E-state index is 0.0990. The highest BCUT2D eigenvalue weighted by Gasteiger charge is 2.48. The van der Waals surface area contributed by atoms with Crippen molar-refractivity contribution in [2.75, 3.05) is 0 Å². The zero-order chi connectivity index (χ0) is 8.60. The summed E-state index contributed by atoms with van der Waals surface area (Å²) in [5.41, 5.74) is -0.0990. The molecule has 2 aliphatic rings. The maximum atomic E-state index is 9.87. The van der Waals surface area contributed by atoms with E-state index in [0.717, 1.165) is 38.5 Å². The Hall–Kier alpha value is -0.0800. The third-order valence-corrected chi connectivity index (χ3v) is 3.82. The fourth-order valence-corrected chi connectivity index (χ4v) is 3.00. The number of aliphatic hydroxyl groups excluding tert-OH is 2. The SMILES string of the molecule is O[C@@H]1CCCC[C@]12CCC[C@@H]2O. The molecule has 0 amide bonds. The summed E-state index contributed by atoms with van der Waals surface area (Å²) in [5, 5.41) is 19.7. The highest BCUT2D eigenvalue weighted by Crippen LogP contribution is 2.49. The first-order valence-electron chi connectivity index (χ1n) is 5.12. The lowest BCUT2D eigenvalue weighted by Gasteiger charge is -2.40. The topological polar surface area (TPSA) is 40.5 Å². The summed E-state index contributed by atoms with van der Waals surface area (Å²) in [6, 6.07) is 0. The van der Waals surface area contributed by atoms with Gasteiger partial charge in [0.2, 0.25) is 0 Å².